The van der Waals surface area contributed by atoms with E-state index in [1.807, 2.05) is 12.1 Å². The second-order valence-electron chi connectivity index (χ2n) is 8.19. The number of aromatic nitrogens is 1. The summed E-state index contributed by atoms with van der Waals surface area (Å²) in [6.07, 6.45) is 4.72. The molecular formula is C23H25N3O2. The summed E-state index contributed by atoms with van der Waals surface area (Å²) < 4.78 is 2.57. The zero-order valence-electron chi connectivity index (χ0n) is 16.2. The van der Waals surface area contributed by atoms with E-state index < -0.39 is 0 Å². The van der Waals surface area contributed by atoms with Crippen LogP contribution >= 0.6 is 0 Å². The lowest BCUT2D eigenvalue weighted by Crippen LogP contribution is -2.31. The lowest BCUT2D eigenvalue weighted by atomic mass is 9.90. The fraction of sp³-hybridized carbons (Fsp3) is 0.391. The molecule has 28 heavy (non-hydrogen) atoms. The third kappa shape index (κ3) is 2.81. The number of non-ortho nitro benzene ring substituents is 1. The van der Waals surface area contributed by atoms with Crippen LogP contribution in [-0.4, -0.2) is 20.9 Å². The lowest BCUT2D eigenvalue weighted by molar-refractivity contribution is -0.384. The van der Waals surface area contributed by atoms with Gasteiger partial charge in [0.25, 0.3) is 5.69 Å². The second-order valence-corrected chi connectivity index (χ2v) is 8.19. The standard InChI is InChI=1S/C23H25N3O2/c1-16-6-11-21-20(14-16)19-4-2-5-22-23(19)25(21)13-3-12-24(22)15-17-7-9-18(10-8-17)26(27)28/h6-11,14,22H,2-5,12-13,15H2,1H3. The van der Waals surface area contributed by atoms with Gasteiger partial charge in [-0.1, -0.05) is 23.8 Å². The highest BCUT2D eigenvalue weighted by atomic mass is 16.6. The van der Waals surface area contributed by atoms with Gasteiger partial charge in [-0.25, -0.2) is 0 Å². The molecule has 0 fully saturated rings. The highest BCUT2D eigenvalue weighted by molar-refractivity contribution is 5.86. The van der Waals surface area contributed by atoms with Crippen molar-refractivity contribution in [2.75, 3.05) is 6.54 Å². The van der Waals surface area contributed by atoms with E-state index in [9.17, 15) is 10.1 Å². The van der Waals surface area contributed by atoms with E-state index in [1.165, 1.54) is 41.4 Å². The average Bonchev–Trinajstić information content (AvgIpc) is 2.88. The van der Waals surface area contributed by atoms with E-state index in [0.29, 0.717) is 6.04 Å². The number of hydrogen-bond acceptors (Lipinski definition) is 3. The molecular weight excluding hydrogens is 350 g/mol. The number of nitrogens with zero attached hydrogens (tertiary/aromatic N) is 3. The highest BCUT2D eigenvalue weighted by Gasteiger charge is 2.33. The highest BCUT2D eigenvalue weighted by Crippen LogP contribution is 2.42. The molecule has 2 aliphatic rings. The summed E-state index contributed by atoms with van der Waals surface area (Å²) in [6.45, 7) is 5.16. The Kier molecular flexibility index (Phi) is 4.20. The van der Waals surface area contributed by atoms with Crippen LogP contribution in [0.3, 0.4) is 0 Å². The van der Waals surface area contributed by atoms with Crippen molar-refractivity contribution >= 4 is 16.6 Å². The minimum atomic E-state index is -0.330. The maximum absolute atomic E-state index is 10.9. The van der Waals surface area contributed by atoms with Gasteiger partial charge in [0, 0.05) is 48.4 Å². The molecule has 0 amide bonds. The van der Waals surface area contributed by atoms with E-state index in [0.717, 1.165) is 31.6 Å². The Labute approximate surface area is 164 Å². The predicted octanol–water partition coefficient (Wildman–Crippen LogP) is 5.14. The first-order valence-electron chi connectivity index (χ1n) is 10.2. The van der Waals surface area contributed by atoms with Gasteiger partial charge in [-0.2, -0.15) is 0 Å². The number of hydrogen-bond donors (Lipinski definition) is 0. The van der Waals surface area contributed by atoms with Crippen LogP contribution in [0.15, 0.2) is 42.5 Å². The smallest absolute Gasteiger partial charge is 0.269 e. The van der Waals surface area contributed by atoms with Crippen LogP contribution in [0, 0.1) is 17.0 Å². The first-order chi connectivity index (χ1) is 13.6. The van der Waals surface area contributed by atoms with E-state index in [2.05, 4.69) is 34.6 Å². The molecule has 1 aromatic heterocycles. The molecule has 0 bridgehead atoms. The zero-order valence-corrected chi connectivity index (χ0v) is 16.2. The van der Waals surface area contributed by atoms with Crippen LogP contribution < -0.4 is 0 Å². The van der Waals surface area contributed by atoms with Gasteiger partial charge in [0.05, 0.1) is 11.0 Å². The predicted molar refractivity (Wildman–Crippen MR) is 110 cm³/mol. The summed E-state index contributed by atoms with van der Waals surface area (Å²) >= 11 is 0. The van der Waals surface area contributed by atoms with Crippen LogP contribution in [0.1, 0.15) is 47.7 Å². The molecule has 5 nitrogen and oxygen atoms in total. The van der Waals surface area contributed by atoms with Crippen molar-refractivity contribution in [2.24, 2.45) is 0 Å². The Morgan fingerprint density at radius 1 is 1.11 bits per heavy atom. The maximum atomic E-state index is 10.9. The molecule has 1 unspecified atom stereocenters. The van der Waals surface area contributed by atoms with Crippen LogP contribution in [0.2, 0.25) is 0 Å². The Hall–Kier alpha value is -2.66. The zero-order chi connectivity index (χ0) is 19.3. The molecule has 1 aliphatic carbocycles. The quantitative estimate of drug-likeness (QED) is 0.470. The van der Waals surface area contributed by atoms with Gasteiger partial charge in [0.1, 0.15) is 0 Å². The molecule has 2 heterocycles. The van der Waals surface area contributed by atoms with Crippen molar-refractivity contribution in [1.29, 1.82) is 0 Å². The van der Waals surface area contributed by atoms with Crippen molar-refractivity contribution in [1.82, 2.24) is 9.47 Å². The number of fused-ring (bicyclic) bond motifs is 3. The number of benzene rings is 2. The fourth-order valence-corrected chi connectivity index (χ4v) is 5.14. The number of rotatable bonds is 3. The van der Waals surface area contributed by atoms with Gasteiger partial charge >= 0.3 is 0 Å². The number of nitro benzene ring substituents is 1. The van der Waals surface area contributed by atoms with Gasteiger partial charge in [-0.15, -0.1) is 0 Å². The van der Waals surface area contributed by atoms with E-state index in [4.69, 9.17) is 0 Å². The van der Waals surface area contributed by atoms with E-state index >= 15 is 0 Å². The molecule has 0 saturated carbocycles. The Bertz CT molecular complexity index is 1050. The molecule has 5 heteroatoms. The van der Waals surface area contributed by atoms with Crippen LogP contribution in [0.4, 0.5) is 5.69 Å². The van der Waals surface area contributed by atoms with Crippen molar-refractivity contribution < 1.29 is 4.92 Å². The Morgan fingerprint density at radius 3 is 2.71 bits per heavy atom. The normalized spacial score (nSPS) is 19.4. The number of nitro groups is 1. The van der Waals surface area contributed by atoms with Crippen molar-refractivity contribution in [3.05, 3.63) is 75.0 Å². The van der Waals surface area contributed by atoms with Crippen LogP contribution in [-0.2, 0) is 19.5 Å². The monoisotopic (exact) mass is 375 g/mol. The van der Waals surface area contributed by atoms with Gasteiger partial charge in [-0.05, 0) is 55.9 Å². The van der Waals surface area contributed by atoms with Crippen molar-refractivity contribution in [2.45, 2.75) is 51.7 Å². The molecule has 1 aliphatic heterocycles. The van der Waals surface area contributed by atoms with Crippen LogP contribution in [0.25, 0.3) is 10.9 Å². The topological polar surface area (TPSA) is 51.3 Å². The Morgan fingerprint density at radius 2 is 1.93 bits per heavy atom. The third-order valence-corrected chi connectivity index (χ3v) is 6.39. The lowest BCUT2D eigenvalue weighted by Gasteiger charge is -2.33. The first-order valence-corrected chi connectivity index (χ1v) is 10.2. The SMILES string of the molecule is Cc1ccc2c(c1)c1c3n2CCCN(Cc2ccc([N+](=O)[O-])cc2)C3CCC1. The molecule has 3 aromatic rings. The second kappa shape index (κ2) is 6.74. The van der Waals surface area contributed by atoms with Gasteiger partial charge in [0.2, 0.25) is 0 Å². The first kappa shape index (κ1) is 17.4. The van der Waals surface area contributed by atoms with Crippen molar-refractivity contribution in [3.63, 3.8) is 0 Å². The molecule has 144 valence electrons. The summed E-state index contributed by atoms with van der Waals surface area (Å²) in [7, 11) is 0. The maximum Gasteiger partial charge on any atom is 0.269 e. The minimum absolute atomic E-state index is 0.162. The minimum Gasteiger partial charge on any atom is -0.343 e. The molecule has 5 rings (SSSR count). The Balaban J connectivity index is 1.53. The molecule has 2 aromatic carbocycles. The van der Waals surface area contributed by atoms with Gasteiger partial charge < -0.3 is 4.57 Å². The summed E-state index contributed by atoms with van der Waals surface area (Å²) in [5, 5.41) is 12.4. The molecule has 0 radical (unpaired) electrons. The molecule has 1 atom stereocenters. The van der Waals surface area contributed by atoms with Crippen molar-refractivity contribution in [3.8, 4) is 0 Å². The van der Waals surface area contributed by atoms with E-state index in [-0.39, 0.29) is 10.6 Å². The summed E-state index contributed by atoms with van der Waals surface area (Å²) in [4.78, 5) is 13.2. The third-order valence-electron chi connectivity index (χ3n) is 6.39. The fourth-order valence-electron chi connectivity index (χ4n) is 5.14. The molecule has 0 spiro atoms. The molecule has 0 saturated heterocycles. The molecule has 0 N–H and O–H groups in total. The van der Waals surface area contributed by atoms with Gasteiger partial charge in [-0.3, -0.25) is 15.0 Å². The number of aryl methyl sites for hydroxylation is 3. The summed E-state index contributed by atoms with van der Waals surface area (Å²) in [5.41, 5.74) is 7.10. The average molecular weight is 375 g/mol. The largest absolute Gasteiger partial charge is 0.343 e. The summed E-state index contributed by atoms with van der Waals surface area (Å²) in [6, 6.07) is 14.4. The van der Waals surface area contributed by atoms with Gasteiger partial charge in [0.15, 0.2) is 0 Å². The van der Waals surface area contributed by atoms with Crippen LogP contribution in [0.5, 0.6) is 0 Å². The van der Waals surface area contributed by atoms with E-state index in [1.54, 1.807) is 17.7 Å². The summed E-state index contributed by atoms with van der Waals surface area (Å²) in [5.74, 6) is 0.